The maximum atomic E-state index is 12.3. The third-order valence-electron chi connectivity index (χ3n) is 2.80. The van der Waals surface area contributed by atoms with Crippen molar-refractivity contribution >= 4 is 37.8 Å². The van der Waals surface area contributed by atoms with E-state index in [-0.39, 0.29) is 4.90 Å². The van der Waals surface area contributed by atoms with E-state index < -0.39 is 10.0 Å². The first-order valence-corrected chi connectivity index (χ1v) is 9.38. The first-order chi connectivity index (χ1) is 10.0. The van der Waals surface area contributed by atoms with Crippen molar-refractivity contribution in [3.8, 4) is 10.6 Å². The molecule has 2 heterocycles. The van der Waals surface area contributed by atoms with Crippen LogP contribution in [0, 0.1) is 6.92 Å². The number of hydrogen-bond donors (Lipinski definition) is 1. The Balaban J connectivity index is 1.86. The molecule has 4 nitrogen and oxygen atoms in total. The van der Waals surface area contributed by atoms with E-state index in [9.17, 15) is 8.42 Å². The molecule has 0 atom stereocenters. The standard InChI is InChI=1S/C14H12N2O2S3/c1-10-4-2-5-11(8-10)21(17,18)16-14-15-12(9-20-14)13-6-3-7-19-13/h2-9H,1H3,(H,15,16). The number of nitrogens with one attached hydrogen (secondary N) is 1. The molecule has 0 radical (unpaired) electrons. The predicted molar refractivity (Wildman–Crippen MR) is 87.4 cm³/mol. The molecule has 0 saturated carbocycles. The molecular formula is C14H12N2O2S3. The molecular weight excluding hydrogens is 324 g/mol. The maximum Gasteiger partial charge on any atom is 0.263 e. The molecule has 3 aromatic rings. The minimum Gasteiger partial charge on any atom is -0.255 e. The number of sulfonamides is 1. The highest BCUT2D eigenvalue weighted by Gasteiger charge is 2.16. The van der Waals surface area contributed by atoms with Gasteiger partial charge in [-0.25, -0.2) is 13.4 Å². The van der Waals surface area contributed by atoms with Crippen molar-refractivity contribution in [3.63, 3.8) is 0 Å². The van der Waals surface area contributed by atoms with Crippen LogP contribution in [-0.4, -0.2) is 13.4 Å². The van der Waals surface area contributed by atoms with E-state index in [2.05, 4.69) is 9.71 Å². The summed E-state index contributed by atoms with van der Waals surface area (Å²) in [4.78, 5) is 5.59. The monoisotopic (exact) mass is 336 g/mol. The molecule has 0 bridgehead atoms. The Bertz CT molecular complexity index is 852. The number of hydrogen-bond acceptors (Lipinski definition) is 5. The quantitative estimate of drug-likeness (QED) is 0.784. The summed E-state index contributed by atoms with van der Waals surface area (Å²) in [6.07, 6.45) is 0. The highest BCUT2D eigenvalue weighted by atomic mass is 32.2. The number of benzene rings is 1. The Hall–Kier alpha value is -1.70. The Morgan fingerprint density at radius 3 is 2.71 bits per heavy atom. The average Bonchev–Trinajstić information content (AvgIpc) is 3.08. The van der Waals surface area contributed by atoms with Gasteiger partial charge >= 0.3 is 0 Å². The second-order valence-electron chi connectivity index (χ2n) is 4.44. The van der Waals surface area contributed by atoms with Gasteiger partial charge in [0.25, 0.3) is 10.0 Å². The van der Waals surface area contributed by atoms with Crippen molar-refractivity contribution in [1.82, 2.24) is 4.98 Å². The minimum absolute atomic E-state index is 0.246. The first-order valence-electron chi connectivity index (χ1n) is 6.13. The molecule has 2 aromatic heterocycles. The van der Waals surface area contributed by atoms with E-state index in [1.165, 1.54) is 11.3 Å². The SMILES string of the molecule is Cc1cccc(S(=O)(=O)Nc2nc(-c3cccs3)cs2)c1. The first kappa shape index (κ1) is 14.2. The summed E-state index contributed by atoms with van der Waals surface area (Å²) in [6, 6.07) is 10.7. The van der Waals surface area contributed by atoms with E-state index in [4.69, 9.17) is 0 Å². The van der Waals surface area contributed by atoms with Gasteiger partial charge in [0, 0.05) is 5.38 Å². The molecule has 1 N–H and O–H groups in total. The molecule has 0 fully saturated rings. The van der Waals surface area contributed by atoms with E-state index in [1.54, 1.807) is 29.5 Å². The van der Waals surface area contributed by atoms with Gasteiger partial charge in [-0.05, 0) is 36.1 Å². The smallest absolute Gasteiger partial charge is 0.255 e. The lowest BCUT2D eigenvalue weighted by atomic mass is 10.2. The van der Waals surface area contributed by atoms with E-state index >= 15 is 0 Å². The number of thiophene rings is 1. The zero-order valence-electron chi connectivity index (χ0n) is 11.1. The van der Waals surface area contributed by atoms with Crippen LogP contribution in [-0.2, 0) is 10.0 Å². The molecule has 0 aliphatic heterocycles. The number of aromatic nitrogens is 1. The minimum atomic E-state index is -3.59. The molecule has 0 aliphatic rings. The van der Waals surface area contributed by atoms with Gasteiger partial charge in [-0.1, -0.05) is 18.2 Å². The number of nitrogens with zero attached hydrogens (tertiary/aromatic N) is 1. The van der Waals surface area contributed by atoms with Crippen LogP contribution in [0.15, 0.2) is 52.1 Å². The summed E-state index contributed by atoms with van der Waals surface area (Å²) < 4.78 is 27.1. The Kier molecular flexibility index (Phi) is 3.79. The zero-order valence-corrected chi connectivity index (χ0v) is 13.6. The van der Waals surface area contributed by atoms with Crippen molar-refractivity contribution in [2.75, 3.05) is 4.72 Å². The summed E-state index contributed by atoms with van der Waals surface area (Å²) in [7, 11) is -3.59. The van der Waals surface area contributed by atoms with Gasteiger partial charge in [0.1, 0.15) is 0 Å². The fraction of sp³-hybridized carbons (Fsp3) is 0.0714. The second-order valence-corrected chi connectivity index (χ2v) is 7.93. The third-order valence-corrected chi connectivity index (χ3v) is 5.92. The topological polar surface area (TPSA) is 59.1 Å². The van der Waals surface area contributed by atoms with Crippen molar-refractivity contribution in [1.29, 1.82) is 0 Å². The molecule has 7 heteroatoms. The lowest BCUT2D eigenvalue weighted by molar-refractivity contribution is 0.601. The Morgan fingerprint density at radius 2 is 2.00 bits per heavy atom. The fourth-order valence-corrected chi connectivity index (χ4v) is 4.64. The van der Waals surface area contributed by atoms with Crippen LogP contribution in [0.25, 0.3) is 10.6 Å². The molecule has 0 unspecified atom stereocenters. The maximum absolute atomic E-state index is 12.3. The predicted octanol–water partition coefficient (Wildman–Crippen LogP) is 3.98. The summed E-state index contributed by atoms with van der Waals surface area (Å²) in [5, 5.41) is 4.19. The molecule has 0 saturated heterocycles. The Labute approximate surface area is 131 Å². The van der Waals surface area contributed by atoms with Gasteiger partial charge in [-0.3, -0.25) is 4.72 Å². The lowest BCUT2D eigenvalue weighted by Crippen LogP contribution is -2.12. The summed E-state index contributed by atoms with van der Waals surface area (Å²) in [5.74, 6) is 0. The van der Waals surface area contributed by atoms with E-state index in [1.807, 2.05) is 35.9 Å². The highest BCUT2D eigenvalue weighted by molar-refractivity contribution is 7.93. The normalized spacial score (nSPS) is 11.5. The molecule has 0 spiro atoms. The third kappa shape index (κ3) is 3.15. The highest BCUT2D eigenvalue weighted by Crippen LogP contribution is 2.29. The largest absolute Gasteiger partial charge is 0.263 e. The van der Waals surface area contributed by atoms with E-state index in [0.717, 1.165) is 16.1 Å². The molecule has 0 aliphatic carbocycles. The average molecular weight is 336 g/mol. The van der Waals surface area contributed by atoms with Crippen LogP contribution in [0.3, 0.4) is 0 Å². The van der Waals surface area contributed by atoms with Gasteiger partial charge < -0.3 is 0 Å². The summed E-state index contributed by atoms with van der Waals surface area (Å²) >= 11 is 2.85. The number of rotatable bonds is 4. The van der Waals surface area contributed by atoms with Gasteiger partial charge in [0.05, 0.1) is 15.5 Å². The van der Waals surface area contributed by atoms with Gasteiger partial charge in [0.2, 0.25) is 0 Å². The number of anilines is 1. The van der Waals surface area contributed by atoms with Crippen molar-refractivity contribution in [2.45, 2.75) is 11.8 Å². The van der Waals surface area contributed by atoms with Gasteiger partial charge in [0.15, 0.2) is 5.13 Å². The molecule has 21 heavy (non-hydrogen) atoms. The van der Waals surface area contributed by atoms with Crippen LogP contribution in [0.5, 0.6) is 0 Å². The molecule has 1 aromatic carbocycles. The van der Waals surface area contributed by atoms with Crippen LogP contribution in [0.2, 0.25) is 0 Å². The van der Waals surface area contributed by atoms with Gasteiger partial charge in [-0.2, -0.15) is 0 Å². The summed E-state index contributed by atoms with van der Waals surface area (Å²) in [6.45, 7) is 1.86. The van der Waals surface area contributed by atoms with Crippen LogP contribution in [0.4, 0.5) is 5.13 Å². The van der Waals surface area contributed by atoms with Crippen molar-refractivity contribution in [3.05, 3.63) is 52.7 Å². The molecule has 0 amide bonds. The fourth-order valence-electron chi connectivity index (χ4n) is 1.81. The second kappa shape index (κ2) is 5.59. The van der Waals surface area contributed by atoms with Crippen LogP contribution < -0.4 is 4.72 Å². The molecule has 108 valence electrons. The van der Waals surface area contributed by atoms with Crippen molar-refractivity contribution < 1.29 is 8.42 Å². The van der Waals surface area contributed by atoms with Gasteiger partial charge in [-0.15, -0.1) is 22.7 Å². The van der Waals surface area contributed by atoms with E-state index in [0.29, 0.717) is 5.13 Å². The molecule has 3 rings (SSSR count). The number of thiazole rings is 1. The van der Waals surface area contributed by atoms with Crippen molar-refractivity contribution in [2.24, 2.45) is 0 Å². The zero-order chi connectivity index (χ0) is 14.9. The Morgan fingerprint density at radius 1 is 1.14 bits per heavy atom. The van der Waals surface area contributed by atoms with Crippen LogP contribution in [0.1, 0.15) is 5.56 Å². The summed E-state index contributed by atoms with van der Waals surface area (Å²) in [5.41, 5.74) is 1.69. The van der Waals surface area contributed by atoms with Crippen LogP contribution >= 0.6 is 22.7 Å². The number of aryl methyl sites for hydroxylation is 1. The lowest BCUT2D eigenvalue weighted by Gasteiger charge is -2.05.